The van der Waals surface area contributed by atoms with Crippen LogP contribution in [0.4, 0.5) is 0 Å². The molecule has 0 fully saturated rings. The van der Waals surface area contributed by atoms with Crippen molar-refractivity contribution >= 4 is 11.9 Å². The van der Waals surface area contributed by atoms with Gasteiger partial charge in [-0.1, -0.05) is 12.1 Å². The van der Waals surface area contributed by atoms with Crippen molar-refractivity contribution in [2.24, 2.45) is 0 Å². The molecule has 3 rings (SSSR count). The normalized spacial score (nSPS) is 11.9. The highest BCUT2D eigenvalue weighted by Crippen LogP contribution is 2.22. The number of ether oxygens (including phenoxy) is 1. The summed E-state index contributed by atoms with van der Waals surface area (Å²) < 4.78 is 12.5. The molecule has 6 heteroatoms. The number of furan rings is 1. The van der Waals surface area contributed by atoms with Gasteiger partial charge in [-0.25, -0.2) is 4.79 Å². The van der Waals surface area contributed by atoms with Gasteiger partial charge in [-0.2, -0.15) is 0 Å². The molecule has 0 aliphatic carbocycles. The van der Waals surface area contributed by atoms with Crippen molar-refractivity contribution in [2.75, 3.05) is 6.61 Å². The van der Waals surface area contributed by atoms with Crippen molar-refractivity contribution in [3.63, 3.8) is 0 Å². The molecule has 146 valence electrons. The summed E-state index contributed by atoms with van der Waals surface area (Å²) in [6, 6.07) is 13.1. The van der Waals surface area contributed by atoms with E-state index < -0.39 is 5.97 Å². The lowest BCUT2D eigenvalue weighted by Gasteiger charge is -2.12. The van der Waals surface area contributed by atoms with E-state index in [1.165, 1.54) is 0 Å². The molecule has 1 atom stereocenters. The minimum atomic E-state index is -0.521. The predicted molar refractivity (Wildman–Crippen MR) is 106 cm³/mol. The van der Waals surface area contributed by atoms with Gasteiger partial charge in [-0.15, -0.1) is 0 Å². The van der Waals surface area contributed by atoms with E-state index >= 15 is 0 Å². The standard InChI is InChI=1S/C22H24N2O4/c1-14-7-5-8-18(11-14)24-15(2)12-19(17(24)4)22(26)28-13-21(25)23-16(3)20-9-6-10-27-20/h5-12,16H,13H2,1-4H3,(H,23,25)/t16-/m1/s1. The maximum Gasteiger partial charge on any atom is 0.340 e. The Morgan fingerprint density at radius 2 is 1.93 bits per heavy atom. The summed E-state index contributed by atoms with van der Waals surface area (Å²) in [4.78, 5) is 24.6. The van der Waals surface area contributed by atoms with E-state index in [2.05, 4.69) is 11.4 Å². The van der Waals surface area contributed by atoms with E-state index in [4.69, 9.17) is 9.15 Å². The van der Waals surface area contributed by atoms with Crippen LogP contribution in [0.1, 0.15) is 46.0 Å². The number of hydrogen-bond acceptors (Lipinski definition) is 4. The molecule has 0 aliphatic rings. The van der Waals surface area contributed by atoms with E-state index in [1.54, 1.807) is 31.4 Å². The van der Waals surface area contributed by atoms with Crippen LogP contribution in [0.5, 0.6) is 0 Å². The molecular weight excluding hydrogens is 356 g/mol. The monoisotopic (exact) mass is 380 g/mol. The Kier molecular flexibility index (Phi) is 5.68. The maximum absolute atomic E-state index is 12.5. The van der Waals surface area contributed by atoms with E-state index in [-0.39, 0.29) is 18.6 Å². The summed E-state index contributed by atoms with van der Waals surface area (Å²) >= 11 is 0. The number of nitrogens with one attached hydrogen (secondary N) is 1. The van der Waals surface area contributed by atoms with Crippen molar-refractivity contribution < 1.29 is 18.7 Å². The van der Waals surface area contributed by atoms with Crippen molar-refractivity contribution in [3.8, 4) is 5.69 Å². The predicted octanol–water partition coefficient (Wildman–Crippen LogP) is 4.03. The summed E-state index contributed by atoms with van der Waals surface area (Å²) in [6.45, 7) is 7.27. The number of amides is 1. The highest BCUT2D eigenvalue weighted by atomic mass is 16.5. The molecule has 1 aromatic carbocycles. The average molecular weight is 380 g/mol. The Hall–Kier alpha value is -3.28. The summed E-state index contributed by atoms with van der Waals surface area (Å²) in [5.74, 6) is -0.265. The number of hydrogen-bond donors (Lipinski definition) is 1. The third-order valence-corrected chi connectivity index (χ3v) is 4.59. The molecule has 0 radical (unpaired) electrons. The average Bonchev–Trinajstić information content (AvgIpc) is 3.28. The van der Waals surface area contributed by atoms with E-state index in [0.29, 0.717) is 11.3 Å². The number of rotatable bonds is 6. The first-order valence-electron chi connectivity index (χ1n) is 9.12. The molecule has 1 amide bonds. The number of esters is 1. The fraction of sp³-hybridized carbons (Fsp3) is 0.273. The van der Waals surface area contributed by atoms with Gasteiger partial charge in [0.2, 0.25) is 0 Å². The summed E-state index contributed by atoms with van der Waals surface area (Å²) in [7, 11) is 0. The van der Waals surface area contributed by atoms with Crippen molar-refractivity contribution in [2.45, 2.75) is 33.7 Å². The van der Waals surface area contributed by atoms with Crippen molar-refractivity contribution in [1.29, 1.82) is 0 Å². The van der Waals surface area contributed by atoms with Crippen LogP contribution in [0.3, 0.4) is 0 Å². The lowest BCUT2D eigenvalue weighted by Crippen LogP contribution is -2.31. The van der Waals surface area contributed by atoms with Crippen molar-refractivity contribution in [3.05, 3.63) is 77.0 Å². The topological polar surface area (TPSA) is 73.5 Å². The van der Waals surface area contributed by atoms with E-state index in [0.717, 1.165) is 22.6 Å². The van der Waals surface area contributed by atoms with Gasteiger partial charge < -0.3 is 19.0 Å². The lowest BCUT2D eigenvalue weighted by atomic mass is 10.2. The fourth-order valence-corrected chi connectivity index (χ4v) is 3.23. The smallest absolute Gasteiger partial charge is 0.340 e. The maximum atomic E-state index is 12.5. The van der Waals surface area contributed by atoms with Crippen LogP contribution < -0.4 is 5.32 Å². The molecule has 2 heterocycles. The Balaban J connectivity index is 1.66. The molecule has 6 nitrogen and oxygen atoms in total. The first-order chi connectivity index (χ1) is 13.4. The zero-order valence-corrected chi connectivity index (χ0v) is 16.5. The largest absolute Gasteiger partial charge is 0.467 e. The van der Waals surface area contributed by atoms with Gasteiger partial charge in [0, 0.05) is 17.1 Å². The lowest BCUT2D eigenvalue weighted by molar-refractivity contribution is -0.125. The number of aromatic nitrogens is 1. The van der Waals surface area contributed by atoms with Gasteiger partial charge in [0.05, 0.1) is 17.9 Å². The highest BCUT2D eigenvalue weighted by molar-refractivity contribution is 5.93. The Labute approximate surface area is 164 Å². The minimum Gasteiger partial charge on any atom is -0.467 e. The van der Waals surface area contributed by atoms with Crippen LogP contribution in [0.2, 0.25) is 0 Å². The molecular formula is C22H24N2O4. The van der Waals surface area contributed by atoms with Crippen LogP contribution in [0.15, 0.2) is 53.1 Å². The van der Waals surface area contributed by atoms with Crippen LogP contribution in [-0.4, -0.2) is 23.1 Å². The van der Waals surface area contributed by atoms with Gasteiger partial charge in [0.25, 0.3) is 5.91 Å². The molecule has 28 heavy (non-hydrogen) atoms. The zero-order chi connectivity index (χ0) is 20.3. The molecule has 1 N–H and O–H groups in total. The molecule has 0 unspecified atom stereocenters. The van der Waals surface area contributed by atoms with Gasteiger partial charge >= 0.3 is 5.97 Å². The zero-order valence-electron chi connectivity index (χ0n) is 16.5. The fourth-order valence-electron chi connectivity index (χ4n) is 3.23. The highest BCUT2D eigenvalue weighted by Gasteiger charge is 2.20. The summed E-state index contributed by atoms with van der Waals surface area (Å²) in [5.41, 5.74) is 4.27. The van der Waals surface area contributed by atoms with Gasteiger partial charge in [-0.3, -0.25) is 4.79 Å². The van der Waals surface area contributed by atoms with Gasteiger partial charge in [0.15, 0.2) is 6.61 Å². The SMILES string of the molecule is Cc1cccc(-n2c(C)cc(C(=O)OCC(=O)N[C@H](C)c3ccco3)c2C)c1. The van der Waals surface area contributed by atoms with E-state index in [9.17, 15) is 9.59 Å². The van der Waals surface area contributed by atoms with Crippen LogP contribution in [0.25, 0.3) is 5.69 Å². The van der Waals surface area contributed by atoms with E-state index in [1.807, 2.05) is 43.5 Å². The molecule has 2 aromatic heterocycles. The number of benzene rings is 1. The summed E-state index contributed by atoms with van der Waals surface area (Å²) in [5, 5.41) is 2.74. The molecule has 3 aromatic rings. The third kappa shape index (κ3) is 4.17. The van der Waals surface area contributed by atoms with Gasteiger partial charge in [-0.05, 0) is 63.6 Å². The third-order valence-electron chi connectivity index (χ3n) is 4.59. The molecule has 0 saturated carbocycles. The quantitative estimate of drug-likeness (QED) is 0.655. The molecule has 0 saturated heterocycles. The molecule has 0 spiro atoms. The second-order valence-electron chi connectivity index (χ2n) is 6.84. The Bertz CT molecular complexity index is 986. The van der Waals surface area contributed by atoms with Gasteiger partial charge in [0.1, 0.15) is 5.76 Å². The second-order valence-corrected chi connectivity index (χ2v) is 6.84. The number of nitrogens with zero attached hydrogens (tertiary/aromatic N) is 1. The first kappa shape index (κ1) is 19.5. The Morgan fingerprint density at radius 3 is 2.61 bits per heavy atom. The minimum absolute atomic E-state index is 0.299. The van der Waals surface area contributed by atoms with Crippen LogP contribution in [0, 0.1) is 20.8 Å². The molecule has 0 bridgehead atoms. The number of carbonyl (C=O) groups excluding carboxylic acids is 2. The molecule has 0 aliphatic heterocycles. The van der Waals surface area contributed by atoms with Crippen LogP contribution >= 0.6 is 0 Å². The second kappa shape index (κ2) is 8.17. The summed E-state index contributed by atoms with van der Waals surface area (Å²) in [6.07, 6.45) is 1.54. The van der Waals surface area contributed by atoms with Crippen LogP contribution in [-0.2, 0) is 9.53 Å². The first-order valence-corrected chi connectivity index (χ1v) is 9.12. The number of carbonyl (C=O) groups is 2. The number of aryl methyl sites for hydroxylation is 2. The Morgan fingerprint density at radius 1 is 1.14 bits per heavy atom. The van der Waals surface area contributed by atoms with Crippen molar-refractivity contribution in [1.82, 2.24) is 9.88 Å².